The van der Waals surface area contributed by atoms with Crippen LogP contribution in [0.2, 0.25) is 0 Å². The first-order valence-electron chi connectivity index (χ1n) is 11.4. The Morgan fingerprint density at radius 3 is 2.57 bits per heavy atom. The number of rotatable bonds is 8. The van der Waals surface area contributed by atoms with Crippen molar-refractivity contribution in [3.05, 3.63) is 24.3 Å². The van der Waals surface area contributed by atoms with E-state index >= 15 is 0 Å². The number of phenols is 1. The lowest BCUT2D eigenvalue weighted by Crippen LogP contribution is -2.41. The molecule has 0 saturated heterocycles. The van der Waals surface area contributed by atoms with Gasteiger partial charge in [0.2, 0.25) is 0 Å². The second-order valence-corrected chi connectivity index (χ2v) is 10.6. The molecule has 0 heterocycles. The van der Waals surface area contributed by atoms with Crippen molar-refractivity contribution in [2.75, 3.05) is 11.9 Å². The highest BCUT2D eigenvalue weighted by molar-refractivity contribution is 5.46. The van der Waals surface area contributed by atoms with Gasteiger partial charge in [-0.05, 0) is 99.3 Å². The van der Waals surface area contributed by atoms with Crippen LogP contribution in [-0.4, -0.2) is 22.4 Å². The van der Waals surface area contributed by atoms with E-state index in [1.165, 1.54) is 38.5 Å². The molecule has 0 aromatic heterocycles. The van der Waals surface area contributed by atoms with Crippen molar-refractivity contribution in [2.24, 2.45) is 29.1 Å². The van der Waals surface area contributed by atoms with Crippen LogP contribution in [-0.2, 0) is 0 Å². The number of benzene rings is 1. The predicted molar refractivity (Wildman–Crippen MR) is 118 cm³/mol. The van der Waals surface area contributed by atoms with Crippen LogP contribution in [0.15, 0.2) is 24.3 Å². The molecule has 0 bridgehead atoms. The second kappa shape index (κ2) is 8.65. The van der Waals surface area contributed by atoms with Crippen molar-refractivity contribution in [3.8, 4) is 5.75 Å². The summed E-state index contributed by atoms with van der Waals surface area (Å²) in [6.07, 6.45) is 10.1. The van der Waals surface area contributed by atoms with Crippen molar-refractivity contribution in [3.63, 3.8) is 0 Å². The van der Waals surface area contributed by atoms with Crippen LogP contribution < -0.4 is 5.32 Å². The van der Waals surface area contributed by atoms with Gasteiger partial charge in [0.15, 0.2) is 0 Å². The maximum absolute atomic E-state index is 10.0. The van der Waals surface area contributed by atoms with Gasteiger partial charge in [-0.1, -0.05) is 33.1 Å². The Morgan fingerprint density at radius 1 is 1.18 bits per heavy atom. The van der Waals surface area contributed by atoms with Crippen LogP contribution in [0.4, 0.5) is 5.69 Å². The average Bonchev–Trinajstić information content (AvgIpc) is 2.97. The quantitative estimate of drug-likeness (QED) is 0.465. The summed E-state index contributed by atoms with van der Waals surface area (Å²) in [5.41, 5.74) is 1.06. The molecule has 158 valence electrons. The molecule has 2 aliphatic rings. The van der Waals surface area contributed by atoms with E-state index in [2.05, 4.69) is 19.2 Å². The minimum Gasteiger partial charge on any atom is -0.508 e. The Morgan fingerprint density at radius 2 is 1.89 bits per heavy atom. The van der Waals surface area contributed by atoms with Crippen LogP contribution >= 0.6 is 0 Å². The lowest BCUT2D eigenvalue weighted by Gasteiger charge is -2.47. The molecular formula is C25H41NO2. The Hall–Kier alpha value is -1.22. The van der Waals surface area contributed by atoms with E-state index in [4.69, 9.17) is 0 Å². The van der Waals surface area contributed by atoms with Gasteiger partial charge in [-0.2, -0.15) is 0 Å². The summed E-state index contributed by atoms with van der Waals surface area (Å²) in [5.74, 6) is 3.48. The third kappa shape index (κ3) is 5.03. The first-order valence-corrected chi connectivity index (χ1v) is 11.4. The van der Waals surface area contributed by atoms with E-state index in [1.54, 1.807) is 12.1 Å². The molecule has 0 aliphatic heterocycles. The minimum atomic E-state index is -0.530. The van der Waals surface area contributed by atoms with Gasteiger partial charge in [-0.3, -0.25) is 0 Å². The number of phenolic OH excluding ortho intramolecular Hbond substituents is 1. The van der Waals surface area contributed by atoms with Crippen LogP contribution in [0.1, 0.15) is 79.1 Å². The highest BCUT2D eigenvalue weighted by atomic mass is 16.3. The molecule has 0 unspecified atom stereocenters. The lowest BCUT2D eigenvalue weighted by atomic mass is 9.59. The number of nitrogens with one attached hydrogen (secondary N) is 1. The molecule has 2 fully saturated rings. The molecule has 0 spiro atoms. The molecular weight excluding hydrogens is 346 g/mol. The number of anilines is 1. The molecule has 1 aromatic carbocycles. The summed E-state index contributed by atoms with van der Waals surface area (Å²) in [4.78, 5) is 0. The Kier molecular flexibility index (Phi) is 6.64. The molecule has 3 nitrogen and oxygen atoms in total. The van der Waals surface area contributed by atoms with Gasteiger partial charge in [0.25, 0.3) is 0 Å². The van der Waals surface area contributed by atoms with Gasteiger partial charge in [0.05, 0.1) is 5.60 Å². The molecule has 0 amide bonds. The first-order chi connectivity index (χ1) is 13.2. The highest BCUT2D eigenvalue weighted by Gasteiger charge is 2.52. The fraction of sp³-hybridized carbons (Fsp3) is 0.760. The number of aromatic hydroxyl groups is 1. The SMILES string of the molecule is C[C@H](CCCC(C)(C)O)[C@H]1CC[C@H]2[C@H](CNc3ccc(O)cc3)CCC[C@]12C. The van der Waals surface area contributed by atoms with Crippen molar-refractivity contribution in [2.45, 2.75) is 84.7 Å². The maximum atomic E-state index is 10.0. The molecule has 3 heteroatoms. The molecule has 5 atom stereocenters. The van der Waals surface area contributed by atoms with Crippen molar-refractivity contribution >= 4 is 5.69 Å². The van der Waals surface area contributed by atoms with Gasteiger partial charge >= 0.3 is 0 Å². The van der Waals surface area contributed by atoms with Crippen molar-refractivity contribution in [1.82, 2.24) is 0 Å². The van der Waals surface area contributed by atoms with Gasteiger partial charge in [-0.15, -0.1) is 0 Å². The monoisotopic (exact) mass is 387 g/mol. The molecule has 2 saturated carbocycles. The average molecular weight is 388 g/mol. The number of aliphatic hydroxyl groups is 1. The van der Waals surface area contributed by atoms with E-state index in [9.17, 15) is 10.2 Å². The van der Waals surface area contributed by atoms with Gasteiger partial charge in [0.1, 0.15) is 5.75 Å². The number of fused-ring (bicyclic) bond motifs is 1. The standard InChI is InChI=1S/C25H41NO2/c1-18(7-5-15-24(2,3)28)22-13-14-23-19(8-6-16-25(22,23)4)17-26-20-9-11-21(27)12-10-20/h9-12,18-19,22-23,26-28H,5-8,13-17H2,1-4H3/t18-,19+,22-,23+,25-/m1/s1. The maximum Gasteiger partial charge on any atom is 0.115 e. The highest BCUT2D eigenvalue weighted by Crippen LogP contribution is 2.60. The van der Waals surface area contributed by atoms with Crippen LogP contribution in [0.25, 0.3) is 0 Å². The first kappa shape index (κ1) is 21.5. The van der Waals surface area contributed by atoms with Crippen molar-refractivity contribution < 1.29 is 10.2 Å². The van der Waals surface area contributed by atoms with E-state index < -0.39 is 5.60 Å². The van der Waals surface area contributed by atoms with E-state index in [1.807, 2.05) is 26.0 Å². The Balaban J connectivity index is 1.58. The second-order valence-electron chi connectivity index (χ2n) is 10.6. The van der Waals surface area contributed by atoms with Crippen molar-refractivity contribution in [1.29, 1.82) is 0 Å². The van der Waals surface area contributed by atoms with E-state index in [-0.39, 0.29) is 0 Å². The third-order valence-electron chi connectivity index (χ3n) is 7.91. The molecule has 2 aliphatic carbocycles. The predicted octanol–water partition coefficient (Wildman–Crippen LogP) is 6.21. The molecule has 0 radical (unpaired) electrons. The lowest BCUT2D eigenvalue weighted by molar-refractivity contribution is 0.0290. The number of hydrogen-bond acceptors (Lipinski definition) is 3. The van der Waals surface area contributed by atoms with Gasteiger partial charge in [-0.25, -0.2) is 0 Å². The fourth-order valence-electron chi connectivity index (χ4n) is 6.45. The summed E-state index contributed by atoms with van der Waals surface area (Å²) in [6.45, 7) is 9.94. The van der Waals surface area contributed by atoms with Crippen LogP contribution in [0, 0.1) is 29.1 Å². The van der Waals surface area contributed by atoms with Gasteiger partial charge in [0, 0.05) is 12.2 Å². The van der Waals surface area contributed by atoms with E-state index in [0.29, 0.717) is 11.2 Å². The number of hydrogen-bond donors (Lipinski definition) is 3. The topological polar surface area (TPSA) is 52.5 Å². The largest absolute Gasteiger partial charge is 0.508 e. The molecule has 28 heavy (non-hydrogen) atoms. The zero-order valence-electron chi connectivity index (χ0n) is 18.4. The summed E-state index contributed by atoms with van der Waals surface area (Å²) in [7, 11) is 0. The van der Waals surface area contributed by atoms with E-state index in [0.717, 1.165) is 48.7 Å². The normalized spacial score (nSPS) is 31.4. The summed E-state index contributed by atoms with van der Waals surface area (Å²) < 4.78 is 0. The van der Waals surface area contributed by atoms with Gasteiger partial charge < -0.3 is 15.5 Å². The summed E-state index contributed by atoms with van der Waals surface area (Å²) >= 11 is 0. The fourth-order valence-corrected chi connectivity index (χ4v) is 6.45. The summed E-state index contributed by atoms with van der Waals surface area (Å²) in [5, 5.41) is 23.1. The zero-order chi connectivity index (χ0) is 20.4. The van der Waals surface area contributed by atoms with Crippen LogP contribution in [0.5, 0.6) is 5.75 Å². The van der Waals surface area contributed by atoms with Crippen LogP contribution in [0.3, 0.4) is 0 Å². The zero-order valence-corrected chi connectivity index (χ0v) is 18.4. The Labute approximate surface area is 171 Å². The smallest absolute Gasteiger partial charge is 0.115 e. The molecule has 3 N–H and O–H groups in total. The summed E-state index contributed by atoms with van der Waals surface area (Å²) in [6, 6.07) is 7.46. The molecule has 3 rings (SSSR count). The Bertz CT molecular complexity index is 620. The molecule has 1 aromatic rings. The minimum absolute atomic E-state index is 0.327. The third-order valence-corrected chi connectivity index (χ3v) is 7.91.